The molecule has 0 aliphatic carbocycles. The minimum atomic E-state index is -2.37. The summed E-state index contributed by atoms with van der Waals surface area (Å²) in [5, 5.41) is 12.8. The normalized spacial score (nSPS) is 18.2. The average Bonchev–Trinajstić information content (AvgIpc) is 2.46. The number of phenolic OH excluding ortho intramolecular Hbond substituents is 1. The molecule has 20 heavy (non-hydrogen) atoms. The predicted molar refractivity (Wildman–Crippen MR) is 72.5 cm³/mol. The number of ether oxygens (including phenoxy) is 1. The number of alkyl halides is 2. The van der Waals surface area contributed by atoms with Crippen molar-refractivity contribution in [1.29, 1.82) is 0 Å². The molecule has 1 aromatic carbocycles. The highest BCUT2D eigenvalue weighted by atomic mass is 19.3. The van der Waals surface area contributed by atoms with Gasteiger partial charge in [-0.1, -0.05) is 6.07 Å². The molecular formula is C14H20F2N2O2. The van der Waals surface area contributed by atoms with Gasteiger partial charge in [-0.25, -0.2) is 8.78 Å². The molecule has 0 saturated carbocycles. The second kappa shape index (κ2) is 6.85. The average molecular weight is 286 g/mol. The standard InChI is InChI=1S/C14H20F2N2O2/c1-20-13-8-10(2-3-12(13)19)11(9-14(15)16)18-6-4-17-5-7-18/h2-3,8,11,14,17,19H,4-7,9H2,1H3/t11-/m0/s1. The summed E-state index contributed by atoms with van der Waals surface area (Å²) in [6.07, 6.45) is -2.58. The summed E-state index contributed by atoms with van der Waals surface area (Å²) in [7, 11) is 1.45. The van der Waals surface area contributed by atoms with E-state index in [1.54, 1.807) is 12.1 Å². The van der Waals surface area contributed by atoms with Crippen LogP contribution < -0.4 is 10.1 Å². The largest absolute Gasteiger partial charge is 0.504 e. The molecule has 6 heteroatoms. The molecule has 0 radical (unpaired) electrons. The van der Waals surface area contributed by atoms with Crippen LogP contribution in [0.25, 0.3) is 0 Å². The Labute approximate surface area is 117 Å². The molecule has 1 aliphatic rings. The Balaban J connectivity index is 2.24. The summed E-state index contributed by atoms with van der Waals surface area (Å²) >= 11 is 0. The zero-order chi connectivity index (χ0) is 14.5. The molecule has 4 nitrogen and oxygen atoms in total. The van der Waals surface area contributed by atoms with Crippen LogP contribution in [0.4, 0.5) is 8.78 Å². The zero-order valence-corrected chi connectivity index (χ0v) is 11.5. The topological polar surface area (TPSA) is 44.7 Å². The smallest absolute Gasteiger partial charge is 0.240 e. The van der Waals surface area contributed by atoms with E-state index in [9.17, 15) is 13.9 Å². The lowest BCUT2D eigenvalue weighted by Crippen LogP contribution is -2.45. The fourth-order valence-electron chi connectivity index (χ4n) is 2.56. The molecule has 112 valence electrons. The van der Waals surface area contributed by atoms with Crippen molar-refractivity contribution in [3.8, 4) is 11.5 Å². The van der Waals surface area contributed by atoms with E-state index in [-0.39, 0.29) is 18.2 Å². The van der Waals surface area contributed by atoms with Gasteiger partial charge in [0.2, 0.25) is 6.43 Å². The minimum absolute atomic E-state index is 0.0207. The Kier molecular flexibility index (Phi) is 5.14. The van der Waals surface area contributed by atoms with E-state index in [0.29, 0.717) is 5.75 Å². The first kappa shape index (κ1) is 15.0. The maximum atomic E-state index is 12.9. The van der Waals surface area contributed by atoms with E-state index >= 15 is 0 Å². The highest BCUT2D eigenvalue weighted by Gasteiger charge is 2.26. The van der Waals surface area contributed by atoms with Crippen LogP contribution in [0.15, 0.2) is 18.2 Å². The number of halogens is 2. The third-order valence-corrected chi connectivity index (χ3v) is 3.58. The van der Waals surface area contributed by atoms with E-state index in [0.717, 1.165) is 31.7 Å². The number of hydrogen-bond donors (Lipinski definition) is 2. The van der Waals surface area contributed by atoms with Gasteiger partial charge >= 0.3 is 0 Å². The highest BCUT2D eigenvalue weighted by Crippen LogP contribution is 2.34. The van der Waals surface area contributed by atoms with Crippen molar-refractivity contribution in [2.45, 2.75) is 18.9 Å². The molecule has 0 aromatic heterocycles. The molecule has 2 N–H and O–H groups in total. The van der Waals surface area contributed by atoms with Gasteiger partial charge in [-0.05, 0) is 17.7 Å². The van der Waals surface area contributed by atoms with Gasteiger partial charge in [-0.3, -0.25) is 4.90 Å². The van der Waals surface area contributed by atoms with E-state index in [4.69, 9.17) is 4.74 Å². The lowest BCUT2D eigenvalue weighted by atomic mass is 10.0. The molecule has 0 amide bonds. The maximum absolute atomic E-state index is 12.9. The number of methoxy groups -OCH3 is 1. The van der Waals surface area contributed by atoms with Gasteiger partial charge in [0, 0.05) is 38.6 Å². The molecule has 1 heterocycles. The van der Waals surface area contributed by atoms with Gasteiger partial charge in [0.15, 0.2) is 11.5 Å². The minimum Gasteiger partial charge on any atom is -0.504 e. The predicted octanol–water partition coefficient (Wildman–Crippen LogP) is 2.00. The van der Waals surface area contributed by atoms with E-state index < -0.39 is 6.43 Å². The van der Waals surface area contributed by atoms with Crippen LogP contribution in [0.1, 0.15) is 18.0 Å². The Morgan fingerprint density at radius 2 is 2.05 bits per heavy atom. The highest BCUT2D eigenvalue weighted by molar-refractivity contribution is 5.42. The van der Waals surface area contributed by atoms with Gasteiger partial charge in [-0.2, -0.15) is 0 Å². The summed E-state index contributed by atoms with van der Waals surface area (Å²) in [6, 6.07) is 4.47. The Hall–Kier alpha value is -1.40. The lowest BCUT2D eigenvalue weighted by molar-refractivity contribution is 0.0738. The van der Waals surface area contributed by atoms with Crippen LogP contribution in [0.5, 0.6) is 11.5 Å². The first-order valence-electron chi connectivity index (χ1n) is 6.71. The molecular weight excluding hydrogens is 266 g/mol. The van der Waals surface area contributed by atoms with Crippen LogP contribution in [0, 0.1) is 0 Å². The molecule has 2 rings (SSSR count). The van der Waals surface area contributed by atoms with Crippen LogP contribution in [0.2, 0.25) is 0 Å². The van der Waals surface area contributed by atoms with Crippen LogP contribution >= 0.6 is 0 Å². The summed E-state index contributed by atoms with van der Waals surface area (Å²) in [5.41, 5.74) is 0.752. The molecule has 1 saturated heterocycles. The number of piperazine rings is 1. The number of rotatable bonds is 5. The summed E-state index contributed by atoms with van der Waals surface area (Å²) in [4.78, 5) is 2.05. The van der Waals surface area contributed by atoms with E-state index in [1.165, 1.54) is 13.2 Å². The van der Waals surface area contributed by atoms with Crippen molar-refractivity contribution < 1.29 is 18.6 Å². The number of aromatic hydroxyl groups is 1. The molecule has 1 aromatic rings. The lowest BCUT2D eigenvalue weighted by Gasteiger charge is -2.35. The Morgan fingerprint density at radius 3 is 2.65 bits per heavy atom. The number of hydrogen-bond acceptors (Lipinski definition) is 4. The van der Waals surface area contributed by atoms with Crippen LogP contribution in [-0.4, -0.2) is 49.7 Å². The zero-order valence-electron chi connectivity index (χ0n) is 11.5. The maximum Gasteiger partial charge on any atom is 0.240 e. The second-order valence-corrected chi connectivity index (χ2v) is 4.86. The van der Waals surface area contributed by atoms with Crippen molar-refractivity contribution >= 4 is 0 Å². The third kappa shape index (κ3) is 3.58. The van der Waals surface area contributed by atoms with Crippen molar-refractivity contribution in [3.63, 3.8) is 0 Å². The molecule has 1 aliphatic heterocycles. The second-order valence-electron chi connectivity index (χ2n) is 4.86. The first-order valence-corrected chi connectivity index (χ1v) is 6.71. The van der Waals surface area contributed by atoms with E-state index in [1.807, 2.05) is 0 Å². The van der Waals surface area contributed by atoms with Crippen LogP contribution in [0.3, 0.4) is 0 Å². The third-order valence-electron chi connectivity index (χ3n) is 3.58. The van der Waals surface area contributed by atoms with Gasteiger partial charge in [0.25, 0.3) is 0 Å². The summed E-state index contributed by atoms with van der Waals surface area (Å²) < 4.78 is 30.8. The van der Waals surface area contributed by atoms with Gasteiger partial charge in [0.1, 0.15) is 0 Å². The number of benzene rings is 1. The van der Waals surface area contributed by atoms with Crippen molar-refractivity contribution in [2.75, 3.05) is 33.3 Å². The number of nitrogens with one attached hydrogen (secondary N) is 1. The molecule has 1 atom stereocenters. The quantitative estimate of drug-likeness (QED) is 0.869. The number of phenols is 1. The fourth-order valence-corrected chi connectivity index (χ4v) is 2.56. The van der Waals surface area contributed by atoms with Crippen molar-refractivity contribution in [2.24, 2.45) is 0 Å². The molecule has 1 fully saturated rings. The number of nitrogens with zero attached hydrogens (tertiary/aromatic N) is 1. The van der Waals surface area contributed by atoms with Gasteiger partial charge in [0.05, 0.1) is 7.11 Å². The van der Waals surface area contributed by atoms with E-state index in [2.05, 4.69) is 10.2 Å². The summed E-state index contributed by atoms with van der Waals surface area (Å²) in [6.45, 7) is 3.07. The van der Waals surface area contributed by atoms with Gasteiger partial charge in [-0.15, -0.1) is 0 Å². The Morgan fingerprint density at radius 1 is 1.35 bits per heavy atom. The Bertz CT molecular complexity index is 437. The van der Waals surface area contributed by atoms with Crippen molar-refractivity contribution in [1.82, 2.24) is 10.2 Å². The molecule has 0 unspecified atom stereocenters. The van der Waals surface area contributed by atoms with Crippen molar-refractivity contribution in [3.05, 3.63) is 23.8 Å². The van der Waals surface area contributed by atoms with Gasteiger partial charge < -0.3 is 15.2 Å². The monoisotopic (exact) mass is 286 g/mol. The first-order chi connectivity index (χ1) is 9.61. The molecule has 0 spiro atoms. The van der Waals surface area contributed by atoms with Crippen LogP contribution in [-0.2, 0) is 0 Å². The molecule has 0 bridgehead atoms. The fraction of sp³-hybridized carbons (Fsp3) is 0.571. The summed E-state index contributed by atoms with van der Waals surface area (Å²) in [5.74, 6) is 0.337. The SMILES string of the molecule is COc1cc([C@H](CC(F)F)N2CCNCC2)ccc1O.